The number of ether oxygens (including phenoxy) is 2. The quantitative estimate of drug-likeness (QED) is 0.185. The van der Waals surface area contributed by atoms with Crippen molar-refractivity contribution in [2.45, 2.75) is 117 Å². The monoisotopic (exact) mass is 504 g/mol. The highest BCUT2D eigenvalue weighted by Crippen LogP contribution is 2.45. The zero-order valence-corrected chi connectivity index (χ0v) is 23.7. The maximum absolute atomic E-state index is 11.5. The molecule has 0 amide bonds. The van der Waals surface area contributed by atoms with Crippen molar-refractivity contribution in [1.82, 2.24) is 9.97 Å². The van der Waals surface area contributed by atoms with Crippen molar-refractivity contribution in [3.8, 4) is 17.6 Å². The van der Waals surface area contributed by atoms with Gasteiger partial charge in [-0.2, -0.15) is 0 Å². The van der Waals surface area contributed by atoms with E-state index in [4.69, 9.17) is 9.47 Å². The van der Waals surface area contributed by atoms with Crippen molar-refractivity contribution in [3.05, 3.63) is 52.6 Å². The lowest BCUT2D eigenvalue weighted by Gasteiger charge is -2.42. The maximum atomic E-state index is 11.5. The molecule has 2 aromatic rings. The number of nitrogens with zero attached hydrogens (tertiary/aromatic N) is 2. The molecule has 1 aliphatic rings. The Morgan fingerprint density at radius 2 is 1.76 bits per heavy atom. The van der Waals surface area contributed by atoms with E-state index in [0.29, 0.717) is 18.7 Å². The third-order valence-corrected chi connectivity index (χ3v) is 6.89. The van der Waals surface area contributed by atoms with Gasteiger partial charge in [-0.25, -0.2) is 4.98 Å². The van der Waals surface area contributed by atoms with Gasteiger partial charge in [0.05, 0.1) is 18.5 Å². The molecule has 5 heteroatoms. The third-order valence-electron chi connectivity index (χ3n) is 6.89. The number of esters is 1. The van der Waals surface area contributed by atoms with Crippen LogP contribution in [0.4, 0.5) is 0 Å². The molecule has 5 nitrogen and oxygen atoms in total. The highest BCUT2D eigenvalue weighted by Gasteiger charge is 2.39. The first kappa shape index (κ1) is 28.7. The van der Waals surface area contributed by atoms with Crippen LogP contribution in [0, 0.1) is 11.8 Å². The molecule has 3 rings (SSSR count). The fraction of sp³-hybridized carbons (Fsp3) is 0.594. The average Bonchev–Trinajstić information content (AvgIpc) is 2.83. The number of carbonyl (C=O) groups excluding carboxylic acids is 1. The highest BCUT2D eigenvalue weighted by molar-refractivity contribution is 5.69. The number of aryl methyl sites for hydroxylation is 2. The summed E-state index contributed by atoms with van der Waals surface area (Å²) in [6.07, 6.45) is 13.3. The fourth-order valence-corrected chi connectivity index (χ4v) is 5.28. The minimum absolute atomic E-state index is 0.0169. The molecule has 0 N–H and O–H groups in total. The number of hydrogen-bond donors (Lipinski definition) is 0. The van der Waals surface area contributed by atoms with Crippen LogP contribution in [-0.4, -0.2) is 28.1 Å². The SMILES string of the molecule is CCCCCCc1cc2c(cc1C#Cc1cnc(CCCCC(=O)OCC)cn1)C(C)(C)CC(C)(C)O2. The van der Waals surface area contributed by atoms with Gasteiger partial charge in [0.2, 0.25) is 0 Å². The molecule has 200 valence electrons. The number of unbranched alkanes of at least 4 members (excludes halogenated alkanes) is 4. The molecule has 0 unspecified atom stereocenters. The van der Waals surface area contributed by atoms with Gasteiger partial charge < -0.3 is 9.47 Å². The zero-order valence-electron chi connectivity index (χ0n) is 23.7. The number of aromatic nitrogens is 2. The second-order valence-corrected chi connectivity index (χ2v) is 11.4. The van der Waals surface area contributed by atoms with E-state index in [0.717, 1.165) is 55.5 Å². The molecule has 1 aromatic carbocycles. The molecule has 0 radical (unpaired) electrons. The largest absolute Gasteiger partial charge is 0.488 e. The Balaban J connectivity index is 1.75. The second kappa shape index (κ2) is 13.1. The van der Waals surface area contributed by atoms with E-state index in [1.54, 1.807) is 12.4 Å². The van der Waals surface area contributed by atoms with Gasteiger partial charge >= 0.3 is 5.97 Å². The molecule has 0 saturated carbocycles. The molecular weight excluding hydrogens is 460 g/mol. The van der Waals surface area contributed by atoms with E-state index in [1.165, 1.54) is 30.4 Å². The minimum atomic E-state index is -0.181. The van der Waals surface area contributed by atoms with Crippen LogP contribution < -0.4 is 4.74 Å². The Hall–Kier alpha value is -2.87. The van der Waals surface area contributed by atoms with Gasteiger partial charge in [-0.3, -0.25) is 9.78 Å². The van der Waals surface area contributed by atoms with Crippen LogP contribution in [0.2, 0.25) is 0 Å². The Morgan fingerprint density at radius 1 is 0.973 bits per heavy atom. The highest BCUT2D eigenvalue weighted by atomic mass is 16.5. The summed E-state index contributed by atoms with van der Waals surface area (Å²) < 4.78 is 11.4. The molecule has 1 aliphatic heterocycles. The van der Waals surface area contributed by atoms with Gasteiger partial charge in [0.15, 0.2) is 0 Å². The normalized spacial score (nSPS) is 15.2. The van der Waals surface area contributed by atoms with Crippen LogP contribution in [-0.2, 0) is 27.8 Å². The topological polar surface area (TPSA) is 61.3 Å². The van der Waals surface area contributed by atoms with E-state index in [2.05, 4.69) is 68.6 Å². The van der Waals surface area contributed by atoms with Crippen molar-refractivity contribution in [1.29, 1.82) is 0 Å². The summed E-state index contributed by atoms with van der Waals surface area (Å²) in [6, 6.07) is 4.48. The molecule has 1 aromatic heterocycles. The van der Waals surface area contributed by atoms with Gasteiger partial charge in [0.1, 0.15) is 17.0 Å². The van der Waals surface area contributed by atoms with Gasteiger partial charge in [0, 0.05) is 23.7 Å². The van der Waals surface area contributed by atoms with Crippen LogP contribution >= 0.6 is 0 Å². The Labute approximate surface area is 223 Å². The van der Waals surface area contributed by atoms with Gasteiger partial charge in [-0.05, 0) is 88.3 Å². The van der Waals surface area contributed by atoms with Crippen LogP contribution in [0.15, 0.2) is 24.5 Å². The molecule has 0 aliphatic carbocycles. The molecular formula is C32H44N2O3. The molecule has 0 bridgehead atoms. The lowest BCUT2D eigenvalue weighted by Crippen LogP contribution is -2.41. The first-order chi connectivity index (χ1) is 17.6. The van der Waals surface area contributed by atoms with Crippen LogP contribution in [0.5, 0.6) is 5.75 Å². The van der Waals surface area contributed by atoms with E-state index >= 15 is 0 Å². The molecule has 2 heterocycles. The van der Waals surface area contributed by atoms with Crippen molar-refractivity contribution in [2.24, 2.45) is 0 Å². The van der Waals surface area contributed by atoms with Crippen molar-refractivity contribution in [3.63, 3.8) is 0 Å². The second-order valence-electron chi connectivity index (χ2n) is 11.4. The number of hydrogen-bond acceptors (Lipinski definition) is 5. The van der Waals surface area contributed by atoms with Gasteiger partial charge in [0.25, 0.3) is 0 Å². The number of benzene rings is 1. The third kappa shape index (κ3) is 8.59. The van der Waals surface area contributed by atoms with E-state index in [-0.39, 0.29) is 17.0 Å². The summed E-state index contributed by atoms with van der Waals surface area (Å²) in [5, 5.41) is 0. The summed E-state index contributed by atoms with van der Waals surface area (Å²) in [4.78, 5) is 20.6. The first-order valence-corrected chi connectivity index (χ1v) is 14.0. The van der Waals surface area contributed by atoms with Crippen molar-refractivity contribution in [2.75, 3.05) is 6.61 Å². The number of carbonyl (C=O) groups is 1. The van der Waals surface area contributed by atoms with Crippen molar-refractivity contribution < 1.29 is 14.3 Å². The summed E-state index contributed by atoms with van der Waals surface area (Å²) in [6.45, 7) is 13.4. The van der Waals surface area contributed by atoms with Gasteiger partial charge in [-0.1, -0.05) is 46.0 Å². The van der Waals surface area contributed by atoms with Crippen molar-refractivity contribution >= 4 is 5.97 Å². The average molecular weight is 505 g/mol. The number of rotatable bonds is 11. The van der Waals surface area contributed by atoms with Crippen LogP contribution in [0.3, 0.4) is 0 Å². The predicted molar refractivity (Wildman–Crippen MR) is 149 cm³/mol. The smallest absolute Gasteiger partial charge is 0.305 e. The molecule has 0 spiro atoms. The molecule has 0 saturated heterocycles. The van der Waals surface area contributed by atoms with E-state index in [9.17, 15) is 4.79 Å². The van der Waals surface area contributed by atoms with Crippen LogP contribution in [0.1, 0.15) is 121 Å². The first-order valence-electron chi connectivity index (χ1n) is 14.0. The fourth-order valence-electron chi connectivity index (χ4n) is 5.28. The zero-order chi connectivity index (χ0) is 26.9. The Kier molecular flexibility index (Phi) is 10.1. The lowest BCUT2D eigenvalue weighted by atomic mass is 9.73. The Bertz CT molecular complexity index is 1110. The summed E-state index contributed by atoms with van der Waals surface area (Å²) in [7, 11) is 0. The predicted octanol–water partition coefficient (Wildman–Crippen LogP) is 7.11. The standard InChI is InChI=1S/C32H44N2O3/c1-7-9-10-11-14-24-20-29-28(31(3,4)23-32(5,6)37-29)19-25(24)17-18-27-22-33-26(21-34-27)15-12-13-16-30(35)36-8-2/h19-22H,7-16,23H2,1-6H3. The number of fused-ring (bicyclic) bond motifs is 1. The Morgan fingerprint density at radius 3 is 2.46 bits per heavy atom. The van der Waals surface area contributed by atoms with E-state index < -0.39 is 0 Å². The van der Waals surface area contributed by atoms with Crippen LogP contribution in [0.25, 0.3) is 0 Å². The molecule has 37 heavy (non-hydrogen) atoms. The lowest BCUT2D eigenvalue weighted by molar-refractivity contribution is -0.143. The van der Waals surface area contributed by atoms with Gasteiger partial charge in [-0.15, -0.1) is 0 Å². The summed E-state index contributed by atoms with van der Waals surface area (Å²) in [5.41, 5.74) is 4.97. The summed E-state index contributed by atoms with van der Waals surface area (Å²) >= 11 is 0. The minimum Gasteiger partial charge on any atom is -0.488 e. The molecule has 0 atom stereocenters. The van der Waals surface area contributed by atoms with E-state index in [1.807, 2.05) is 6.92 Å². The molecule has 0 fully saturated rings. The maximum Gasteiger partial charge on any atom is 0.305 e. The summed E-state index contributed by atoms with van der Waals surface area (Å²) in [5.74, 6) is 7.54.